The minimum Gasteiger partial charge on any atom is -0.437 e. The number of alkyl halides is 3. The molecule has 0 atom stereocenters. The van der Waals surface area contributed by atoms with Crippen LogP contribution in [0.5, 0.6) is 0 Å². The Bertz CT molecular complexity index is 586. The van der Waals surface area contributed by atoms with Gasteiger partial charge in [0.15, 0.2) is 12.1 Å². The van der Waals surface area contributed by atoms with Gasteiger partial charge in [-0.2, -0.15) is 17.7 Å². The molecule has 0 amide bonds. The molecule has 0 fully saturated rings. The van der Waals surface area contributed by atoms with Crippen LogP contribution >= 0.6 is 0 Å². The summed E-state index contributed by atoms with van der Waals surface area (Å²) in [6.45, 7) is 8.38. The summed E-state index contributed by atoms with van der Waals surface area (Å²) < 4.78 is 46.4. The van der Waals surface area contributed by atoms with Gasteiger partial charge in [0, 0.05) is 13.8 Å². The van der Waals surface area contributed by atoms with Crippen LogP contribution < -0.4 is 0 Å². The van der Waals surface area contributed by atoms with Crippen molar-refractivity contribution in [3.8, 4) is 0 Å². The van der Waals surface area contributed by atoms with Gasteiger partial charge in [-0.25, -0.2) is 0 Å². The van der Waals surface area contributed by atoms with E-state index in [2.05, 4.69) is 0 Å². The molecule has 0 saturated heterocycles. The van der Waals surface area contributed by atoms with E-state index in [0.29, 0.717) is 18.1 Å². The Morgan fingerprint density at radius 2 is 1.86 bits per heavy atom. The Kier molecular flexibility index (Phi) is 3.80. The number of likely N-dealkylation sites (N-methyl/N-ethyl adjacent to an activating group) is 1. The van der Waals surface area contributed by atoms with Gasteiger partial charge in [0.2, 0.25) is 0 Å². The predicted molar refractivity (Wildman–Crippen MR) is 75.9 cm³/mol. The number of halogens is 3. The van der Waals surface area contributed by atoms with Crippen molar-refractivity contribution in [2.75, 3.05) is 13.7 Å². The summed E-state index contributed by atoms with van der Waals surface area (Å²) in [7, 11) is 1.91. The Hall–Kier alpha value is -1.52. The van der Waals surface area contributed by atoms with Crippen LogP contribution in [0.4, 0.5) is 13.2 Å². The minimum atomic E-state index is -4.32. The van der Waals surface area contributed by atoms with Gasteiger partial charge in [-0.3, -0.25) is 0 Å². The SMILES string of the molecule is CC(C)c1cc(C(F)(F)F)ccc1C1=[N+](C)C(C)(C)CO1. The first-order valence-corrected chi connectivity index (χ1v) is 6.99. The van der Waals surface area contributed by atoms with E-state index in [1.165, 1.54) is 12.1 Å². The molecule has 116 valence electrons. The maximum absolute atomic E-state index is 12.9. The Labute approximate surface area is 123 Å². The molecule has 2 nitrogen and oxygen atoms in total. The molecule has 1 heterocycles. The van der Waals surface area contributed by atoms with E-state index in [9.17, 15) is 13.2 Å². The lowest BCUT2D eigenvalue weighted by Gasteiger charge is -2.14. The van der Waals surface area contributed by atoms with Crippen LogP contribution in [-0.4, -0.2) is 29.7 Å². The summed E-state index contributed by atoms with van der Waals surface area (Å²) in [4.78, 5) is 0. The Morgan fingerprint density at radius 1 is 1.24 bits per heavy atom. The van der Waals surface area contributed by atoms with E-state index in [0.717, 1.165) is 11.6 Å². The molecule has 0 saturated carbocycles. The van der Waals surface area contributed by atoms with Crippen molar-refractivity contribution >= 4 is 5.90 Å². The Balaban J connectivity index is 2.58. The Morgan fingerprint density at radius 3 is 2.29 bits per heavy atom. The predicted octanol–water partition coefficient (Wildman–Crippen LogP) is 4.03. The van der Waals surface area contributed by atoms with Crippen LogP contribution in [0, 0.1) is 0 Å². The largest absolute Gasteiger partial charge is 0.437 e. The molecule has 0 radical (unpaired) electrons. The van der Waals surface area contributed by atoms with Crippen LogP contribution in [0.1, 0.15) is 50.3 Å². The van der Waals surface area contributed by atoms with E-state index >= 15 is 0 Å². The molecule has 2 rings (SSSR count). The first-order valence-electron chi connectivity index (χ1n) is 6.99. The van der Waals surface area contributed by atoms with Crippen LogP contribution in [-0.2, 0) is 10.9 Å². The molecule has 21 heavy (non-hydrogen) atoms. The highest BCUT2D eigenvalue weighted by atomic mass is 19.4. The number of hydrogen-bond acceptors (Lipinski definition) is 1. The maximum Gasteiger partial charge on any atom is 0.416 e. The first kappa shape index (κ1) is 15.9. The third-order valence-electron chi connectivity index (χ3n) is 4.01. The van der Waals surface area contributed by atoms with Gasteiger partial charge in [-0.05, 0) is 29.7 Å². The van der Waals surface area contributed by atoms with Crippen LogP contribution in [0.15, 0.2) is 18.2 Å². The van der Waals surface area contributed by atoms with Gasteiger partial charge in [0.05, 0.1) is 11.1 Å². The van der Waals surface area contributed by atoms with E-state index in [1.54, 1.807) is 0 Å². The quantitative estimate of drug-likeness (QED) is 0.751. The average molecular weight is 300 g/mol. The summed E-state index contributed by atoms with van der Waals surface area (Å²) in [6.07, 6.45) is -4.32. The van der Waals surface area contributed by atoms with Crippen molar-refractivity contribution in [3.05, 3.63) is 34.9 Å². The fourth-order valence-electron chi connectivity index (χ4n) is 2.38. The van der Waals surface area contributed by atoms with Crippen molar-refractivity contribution in [3.63, 3.8) is 0 Å². The van der Waals surface area contributed by atoms with Gasteiger partial charge in [0.1, 0.15) is 7.05 Å². The van der Waals surface area contributed by atoms with Crippen LogP contribution in [0.2, 0.25) is 0 Å². The minimum absolute atomic E-state index is 0.0180. The fraction of sp³-hybridized carbons (Fsp3) is 0.562. The smallest absolute Gasteiger partial charge is 0.416 e. The topological polar surface area (TPSA) is 12.2 Å². The average Bonchev–Trinajstić information content (AvgIpc) is 2.62. The molecule has 1 aromatic carbocycles. The number of nitrogens with zero attached hydrogens (tertiary/aromatic N) is 1. The van der Waals surface area contributed by atoms with Crippen LogP contribution in [0.25, 0.3) is 0 Å². The molecule has 0 unspecified atom stereocenters. The normalized spacial score (nSPS) is 18.3. The first-order chi connectivity index (χ1) is 9.54. The molecule has 1 aliphatic rings. The lowest BCUT2D eigenvalue weighted by Crippen LogP contribution is -2.33. The van der Waals surface area contributed by atoms with Gasteiger partial charge >= 0.3 is 12.1 Å². The molecule has 0 spiro atoms. The van der Waals surface area contributed by atoms with Crippen molar-refractivity contribution in [2.24, 2.45) is 0 Å². The molecule has 1 aliphatic heterocycles. The van der Waals surface area contributed by atoms with Crippen molar-refractivity contribution in [2.45, 2.75) is 45.3 Å². The van der Waals surface area contributed by atoms with E-state index in [1.807, 2.05) is 39.3 Å². The third-order valence-corrected chi connectivity index (χ3v) is 4.01. The van der Waals surface area contributed by atoms with Gasteiger partial charge in [-0.15, -0.1) is 0 Å². The lowest BCUT2D eigenvalue weighted by atomic mass is 9.94. The van der Waals surface area contributed by atoms with E-state index < -0.39 is 11.7 Å². The summed E-state index contributed by atoms with van der Waals surface area (Å²) >= 11 is 0. The van der Waals surface area contributed by atoms with Gasteiger partial charge < -0.3 is 4.74 Å². The van der Waals surface area contributed by atoms with Crippen molar-refractivity contribution in [1.82, 2.24) is 0 Å². The number of hydrogen-bond donors (Lipinski definition) is 0. The highest BCUT2D eigenvalue weighted by Gasteiger charge is 2.41. The number of ether oxygens (including phenoxy) is 1. The van der Waals surface area contributed by atoms with E-state index in [-0.39, 0.29) is 11.5 Å². The zero-order chi connectivity index (χ0) is 16.0. The van der Waals surface area contributed by atoms with Gasteiger partial charge in [-0.1, -0.05) is 13.8 Å². The monoisotopic (exact) mass is 300 g/mol. The molecule has 0 N–H and O–H groups in total. The van der Waals surface area contributed by atoms with Crippen molar-refractivity contribution < 1.29 is 22.5 Å². The molecule has 5 heteroatoms. The zero-order valence-corrected chi connectivity index (χ0v) is 13.0. The summed E-state index contributed by atoms with van der Waals surface area (Å²) in [6, 6.07) is 3.87. The lowest BCUT2D eigenvalue weighted by molar-refractivity contribution is -0.562. The van der Waals surface area contributed by atoms with Crippen LogP contribution in [0.3, 0.4) is 0 Å². The highest BCUT2D eigenvalue weighted by Crippen LogP contribution is 2.33. The third kappa shape index (κ3) is 2.92. The van der Waals surface area contributed by atoms with Gasteiger partial charge in [0.25, 0.3) is 0 Å². The maximum atomic E-state index is 12.9. The summed E-state index contributed by atoms with van der Waals surface area (Å²) in [5.74, 6) is 0.632. The molecular weight excluding hydrogens is 279 g/mol. The summed E-state index contributed by atoms with van der Waals surface area (Å²) in [5.41, 5.74) is 0.623. The number of benzene rings is 1. The second-order valence-corrected chi connectivity index (χ2v) is 6.42. The van der Waals surface area contributed by atoms with E-state index in [4.69, 9.17) is 4.74 Å². The zero-order valence-electron chi connectivity index (χ0n) is 13.0. The second kappa shape index (κ2) is 5.04. The molecule has 0 aromatic heterocycles. The molecule has 0 aliphatic carbocycles. The highest BCUT2D eigenvalue weighted by molar-refractivity contribution is 5.93. The molecule has 1 aromatic rings. The molecular formula is C16H21F3NO+. The summed E-state index contributed by atoms with van der Waals surface area (Å²) in [5, 5.41) is 0. The standard InChI is InChI=1S/C16H21F3NO/c1-10(2)13-8-11(16(17,18)19)6-7-12(13)14-20(5)15(3,4)9-21-14/h6-8,10H,9H2,1-5H3/q+1. The molecule has 0 bridgehead atoms. The number of rotatable bonds is 2. The van der Waals surface area contributed by atoms with Crippen molar-refractivity contribution in [1.29, 1.82) is 0 Å². The second-order valence-electron chi connectivity index (χ2n) is 6.42. The fourth-order valence-corrected chi connectivity index (χ4v) is 2.38.